The first-order chi connectivity index (χ1) is 9.26. The highest BCUT2D eigenvalue weighted by atomic mass is 15.4. The lowest BCUT2D eigenvalue weighted by Gasteiger charge is -2.31. The molecule has 0 radical (unpaired) electrons. The number of aromatic amines is 1. The molecule has 3 heterocycles. The number of H-pyrrole nitrogens is 1. The number of nitrogens with zero attached hydrogens (tertiary/aromatic N) is 5. The molecule has 2 aromatic rings. The minimum Gasteiger partial charge on any atom is -0.339 e. The van der Waals surface area contributed by atoms with Crippen molar-refractivity contribution in [3.63, 3.8) is 0 Å². The molecule has 19 heavy (non-hydrogen) atoms. The molecule has 1 fully saturated rings. The van der Waals surface area contributed by atoms with E-state index in [-0.39, 0.29) is 0 Å². The second-order valence-electron chi connectivity index (χ2n) is 5.05. The molecule has 0 aliphatic carbocycles. The van der Waals surface area contributed by atoms with Crippen LogP contribution >= 0.6 is 0 Å². The molecule has 1 aliphatic heterocycles. The monoisotopic (exact) mass is 261 g/mol. The van der Waals surface area contributed by atoms with Gasteiger partial charge >= 0.3 is 0 Å². The van der Waals surface area contributed by atoms with Crippen molar-refractivity contribution >= 4 is 5.95 Å². The van der Waals surface area contributed by atoms with Gasteiger partial charge in [0.15, 0.2) is 5.82 Å². The van der Waals surface area contributed by atoms with E-state index in [1.807, 2.05) is 19.3 Å². The van der Waals surface area contributed by atoms with Gasteiger partial charge in [-0.2, -0.15) is 10.1 Å². The van der Waals surface area contributed by atoms with Gasteiger partial charge in [-0.25, -0.2) is 0 Å². The summed E-state index contributed by atoms with van der Waals surface area (Å²) in [7, 11) is 1.89. The van der Waals surface area contributed by atoms with E-state index in [0.717, 1.165) is 37.7 Å². The molecule has 0 saturated carbocycles. The van der Waals surface area contributed by atoms with E-state index in [2.05, 4.69) is 25.2 Å². The van der Waals surface area contributed by atoms with Crippen LogP contribution in [0, 0.1) is 5.92 Å². The number of aromatic nitrogens is 5. The average molecular weight is 261 g/mol. The van der Waals surface area contributed by atoms with Crippen LogP contribution < -0.4 is 10.6 Å². The number of hydrogen-bond donors (Lipinski definition) is 2. The fourth-order valence-corrected chi connectivity index (χ4v) is 2.49. The van der Waals surface area contributed by atoms with Crippen molar-refractivity contribution in [3.8, 4) is 11.5 Å². The fraction of sp³-hybridized carbons (Fsp3) is 0.583. The van der Waals surface area contributed by atoms with Gasteiger partial charge in [0.2, 0.25) is 5.95 Å². The average Bonchev–Trinajstić information content (AvgIpc) is 3.07. The van der Waals surface area contributed by atoms with Crippen LogP contribution in [0.25, 0.3) is 11.5 Å². The van der Waals surface area contributed by atoms with E-state index in [9.17, 15) is 0 Å². The summed E-state index contributed by atoms with van der Waals surface area (Å²) >= 11 is 0. The third-order valence-corrected chi connectivity index (χ3v) is 3.57. The Hall–Kier alpha value is -1.89. The maximum absolute atomic E-state index is 5.75. The molecule has 3 rings (SSSR count). The number of rotatable bonds is 3. The molecule has 102 valence electrons. The number of anilines is 1. The van der Waals surface area contributed by atoms with Crippen molar-refractivity contribution in [2.24, 2.45) is 18.7 Å². The van der Waals surface area contributed by atoms with E-state index in [1.54, 1.807) is 4.68 Å². The highest BCUT2D eigenvalue weighted by Crippen LogP contribution is 2.21. The lowest BCUT2D eigenvalue weighted by molar-refractivity contribution is 0.420. The second-order valence-corrected chi connectivity index (χ2v) is 5.05. The minimum absolute atomic E-state index is 0.547. The predicted molar refractivity (Wildman–Crippen MR) is 72.6 cm³/mol. The van der Waals surface area contributed by atoms with E-state index in [1.165, 1.54) is 6.42 Å². The van der Waals surface area contributed by atoms with Crippen LogP contribution in [-0.2, 0) is 7.05 Å². The van der Waals surface area contributed by atoms with E-state index >= 15 is 0 Å². The Bertz CT molecular complexity index is 544. The van der Waals surface area contributed by atoms with E-state index in [4.69, 9.17) is 5.73 Å². The van der Waals surface area contributed by atoms with Gasteiger partial charge in [-0.05, 0) is 31.4 Å². The lowest BCUT2D eigenvalue weighted by Crippen LogP contribution is -2.38. The smallest absolute Gasteiger partial charge is 0.245 e. The van der Waals surface area contributed by atoms with Crippen molar-refractivity contribution in [3.05, 3.63) is 12.3 Å². The van der Waals surface area contributed by atoms with Gasteiger partial charge in [-0.1, -0.05) is 0 Å². The Morgan fingerprint density at radius 1 is 1.53 bits per heavy atom. The molecular weight excluding hydrogens is 242 g/mol. The highest BCUT2D eigenvalue weighted by molar-refractivity contribution is 5.50. The van der Waals surface area contributed by atoms with Gasteiger partial charge < -0.3 is 10.6 Å². The van der Waals surface area contributed by atoms with Crippen molar-refractivity contribution in [1.82, 2.24) is 25.0 Å². The third kappa shape index (κ3) is 2.46. The summed E-state index contributed by atoms with van der Waals surface area (Å²) in [5.74, 6) is 2.01. The minimum atomic E-state index is 0.547. The topological polar surface area (TPSA) is 88.6 Å². The normalized spacial score (nSPS) is 19.9. The summed E-state index contributed by atoms with van der Waals surface area (Å²) in [5.41, 5.74) is 6.57. The van der Waals surface area contributed by atoms with Crippen LogP contribution in [0.1, 0.15) is 12.8 Å². The molecular formula is C12H19N7. The molecule has 0 amide bonds. The van der Waals surface area contributed by atoms with Crippen LogP contribution in [0.15, 0.2) is 12.3 Å². The summed E-state index contributed by atoms with van der Waals surface area (Å²) in [5, 5.41) is 11.6. The first kappa shape index (κ1) is 12.2. The number of aryl methyl sites for hydroxylation is 1. The zero-order valence-corrected chi connectivity index (χ0v) is 11.1. The zero-order chi connectivity index (χ0) is 13.2. The Labute approximate surface area is 111 Å². The first-order valence-electron chi connectivity index (χ1n) is 6.63. The number of nitrogens with two attached hydrogens (primary N) is 1. The Morgan fingerprint density at radius 3 is 3.16 bits per heavy atom. The van der Waals surface area contributed by atoms with Gasteiger partial charge in [0.1, 0.15) is 5.69 Å². The fourth-order valence-electron chi connectivity index (χ4n) is 2.49. The van der Waals surface area contributed by atoms with Crippen molar-refractivity contribution in [2.45, 2.75) is 12.8 Å². The Balaban J connectivity index is 1.77. The highest BCUT2D eigenvalue weighted by Gasteiger charge is 2.22. The quantitative estimate of drug-likeness (QED) is 0.834. The number of nitrogens with one attached hydrogen (secondary N) is 1. The van der Waals surface area contributed by atoms with Crippen LogP contribution in [0.3, 0.4) is 0 Å². The summed E-state index contributed by atoms with van der Waals surface area (Å²) in [6.07, 6.45) is 4.24. The summed E-state index contributed by atoms with van der Waals surface area (Å²) < 4.78 is 1.75. The van der Waals surface area contributed by atoms with Crippen molar-refractivity contribution in [2.75, 3.05) is 24.5 Å². The maximum atomic E-state index is 5.75. The molecule has 1 atom stereocenters. The summed E-state index contributed by atoms with van der Waals surface area (Å²) in [6, 6.07) is 1.92. The number of hydrogen-bond acceptors (Lipinski definition) is 5. The molecule has 3 N–H and O–H groups in total. The summed E-state index contributed by atoms with van der Waals surface area (Å²) in [4.78, 5) is 6.73. The SMILES string of the molecule is Cn1ccc(-c2nc(N3CCCC(CN)C3)n[nH]2)n1. The Morgan fingerprint density at radius 2 is 2.42 bits per heavy atom. The lowest BCUT2D eigenvalue weighted by atomic mass is 9.99. The molecule has 0 spiro atoms. The van der Waals surface area contributed by atoms with Crippen LogP contribution in [0.5, 0.6) is 0 Å². The molecule has 0 aromatic carbocycles. The van der Waals surface area contributed by atoms with Gasteiger partial charge in [0, 0.05) is 26.3 Å². The van der Waals surface area contributed by atoms with Crippen molar-refractivity contribution < 1.29 is 0 Å². The standard InChI is InChI=1S/C12H19N7/c1-18-6-4-10(17-18)11-14-12(16-15-11)19-5-2-3-9(7-13)8-19/h4,6,9H,2-3,5,7-8,13H2,1H3,(H,14,15,16). The van der Waals surface area contributed by atoms with Gasteiger partial charge in [-0.3, -0.25) is 9.78 Å². The van der Waals surface area contributed by atoms with Crippen molar-refractivity contribution in [1.29, 1.82) is 0 Å². The molecule has 7 nitrogen and oxygen atoms in total. The second kappa shape index (κ2) is 5.00. The van der Waals surface area contributed by atoms with E-state index < -0.39 is 0 Å². The van der Waals surface area contributed by atoms with Crippen LogP contribution in [0.2, 0.25) is 0 Å². The van der Waals surface area contributed by atoms with Gasteiger partial charge in [0.25, 0.3) is 0 Å². The van der Waals surface area contributed by atoms with Crippen LogP contribution in [-0.4, -0.2) is 44.6 Å². The molecule has 0 bridgehead atoms. The van der Waals surface area contributed by atoms with Gasteiger partial charge in [-0.15, -0.1) is 5.10 Å². The Kier molecular flexibility index (Phi) is 3.20. The largest absolute Gasteiger partial charge is 0.339 e. The van der Waals surface area contributed by atoms with Gasteiger partial charge in [0.05, 0.1) is 0 Å². The zero-order valence-electron chi connectivity index (χ0n) is 11.1. The first-order valence-corrected chi connectivity index (χ1v) is 6.63. The summed E-state index contributed by atoms with van der Waals surface area (Å²) in [6.45, 7) is 2.67. The predicted octanol–water partition coefficient (Wildman–Crippen LogP) is 0.380. The number of piperidine rings is 1. The molecule has 1 unspecified atom stereocenters. The maximum Gasteiger partial charge on any atom is 0.245 e. The van der Waals surface area contributed by atoms with E-state index in [0.29, 0.717) is 11.7 Å². The molecule has 1 saturated heterocycles. The van der Waals surface area contributed by atoms with Crippen LogP contribution in [0.4, 0.5) is 5.95 Å². The molecule has 7 heteroatoms. The third-order valence-electron chi connectivity index (χ3n) is 3.57. The molecule has 2 aromatic heterocycles. The molecule has 1 aliphatic rings.